The molecule has 1 aromatic heterocycles. The van der Waals surface area contributed by atoms with Crippen LogP contribution in [0.1, 0.15) is 35.0 Å². The molecule has 2 N–H and O–H groups in total. The summed E-state index contributed by atoms with van der Waals surface area (Å²) in [4.78, 5) is 37.4. The number of primary amides is 1. The van der Waals surface area contributed by atoms with Crippen molar-refractivity contribution in [3.05, 3.63) is 63.6 Å². The molecule has 0 aliphatic rings. The summed E-state index contributed by atoms with van der Waals surface area (Å²) in [6, 6.07) is 10.4. The lowest BCUT2D eigenvalue weighted by Gasteiger charge is -2.22. The zero-order chi connectivity index (χ0) is 18.4. The van der Waals surface area contributed by atoms with E-state index in [9.17, 15) is 14.4 Å². The first kappa shape index (κ1) is 18.4. The molecule has 132 valence electrons. The van der Waals surface area contributed by atoms with Gasteiger partial charge in [0, 0.05) is 19.2 Å². The van der Waals surface area contributed by atoms with E-state index < -0.39 is 11.5 Å². The number of aryl methyl sites for hydroxylation is 1. The SMILES string of the molecule is CCCN(Cc1ccc(C)cc1)C(=O)Cn1nc(C(N)=O)ccc1=O. The number of carbonyl (C=O) groups is 2. The Morgan fingerprint density at radius 3 is 2.44 bits per heavy atom. The van der Waals surface area contributed by atoms with Crippen molar-refractivity contribution in [2.75, 3.05) is 6.54 Å². The highest BCUT2D eigenvalue weighted by atomic mass is 16.2. The monoisotopic (exact) mass is 342 g/mol. The van der Waals surface area contributed by atoms with E-state index in [-0.39, 0.29) is 18.1 Å². The molecule has 0 aliphatic heterocycles. The van der Waals surface area contributed by atoms with Crippen LogP contribution in [0, 0.1) is 6.92 Å². The molecule has 7 heteroatoms. The van der Waals surface area contributed by atoms with E-state index in [4.69, 9.17) is 5.73 Å². The average molecular weight is 342 g/mol. The Morgan fingerprint density at radius 2 is 1.84 bits per heavy atom. The van der Waals surface area contributed by atoms with E-state index >= 15 is 0 Å². The van der Waals surface area contributed by atoms with Crippen molar-refractivity contribution < 1.29 is 9.59 Å². The highest BCUT2D eigenvalue weighted by Crippen LogP contribution is 2.08. The summed E-state index contributed by atoms with van der Waals surface area (Å²) in [6.07, 6.45) is 0.793. The summed E-state index contributed by atoms with van der Waals surface area (Å²) >= 11 is 0. The molecule has 0 saturated carbocycles. The second kappa shape index (κ2) is 8.23. The summed E-state index contributed by atoms with van der Waals surface area (Å²) in [6.45, 7) is 4.77. The zero-order valence-electron chi connectivity index (χ0n) is 14.4. The smallest absolute Gasteiger partial charge is 0.269 e. The molecular weight excluding hydrogens is 320 g/mol. The van der Waals surface area contributed by atoms with Gasteiger partial charge in [0.25, 0.3) is 11.5 Å². The lowest BCUT2D eigenvalue weighted by atomic mass is 10.1. The van der Waals surface area contributed by atoms with Gasteiger partial charge in [0.1, 0.15) is 12.2 Å². The van der Waals surface area contributed by atoms with Gasteiger partial charge in [-0.25, -0.2) is 4.68 Å². The molecular formula is C18H22N4O3. The van der Waals surface area contributed by atoms with Crippen LogP contribution in [0.25, 0.3) is 0 Å². The van der Waals surface area contributed by atoms with E-state index in [1.807, 2.05) is 38.1 Å². The first-order valence-corrected chi connectivity index (χ1v) is 8.12. The minimum Gasteiger partial charge on any atom is -0.364 e. The molecule has 2 amide bonds. The van der Waals surface area contributed by atoms with Gasteiger partial charge in [-0.2, -0.15) is 5.10 Å². The average Bonchev–Trinajstić information content (AvgIpc) is 2.58. The summed E-state index contributed by atoms with van der Waals surface area (Å²) in [5, 5.41) is 3.86. The topological polar surface area (TPSA) is 98.3 Å². The number of nitrogens with two attached hydrogens (primary N) is 1. The van der Waals surface area contributed by atoms with Crippen LogP contribution in [0.4, 0.5) is 0 Å². The van der Waals surface area contributed by atoms with Gasteiger partial charge in [-0.3, -0.25) is 14.4 Å². The fourth-order valence-corrected chi connectivity index (χ4v) is 2.40. The van der Waals surface area contributed by atoms with Crippen LogP contribution in [0.3, 0.4) is 0 Å². The van der Waals surface area contributed by atoms with Crippen molar-refractivity contribution in [2.45, 2.75) is 33.4 Å². The third kappa shape index (κ3) is 5.00. The molecule has 0 spiro atoms. The maximum atomic E-state index is 12.6. The lowest BCUT2D eigenvalue weighted by molar-refractivity contribution is -0.132. The molecule has 2 aromatic rings. The maximum Gasteiger partial charge on any atom is 0.269 e. The number of nitrogens with zero attached hydrogens (tertiary/aromatic N) is 3. The van der Waals surface area contributed by atoms with Gasteiger partial charge in [0.05, 0.1) is 0 Å². The highest BCUT2D eigenvalue weighted by Gasteiger charge is 2.16. The standard InChI is InChI=1S/C18H22N4O3/c1-3-10-21(11-14-6-4-13(2)5-7-14)17(24)12-22-16(23)9-8-15(20-22)18(19)25/h4-9H,3,10-12H2,1-2H3,(H2,19,25). The lowest BCUT2D eigenvalue weighted by Crippen LogP contribution is -2.38. The zero-order valence-corrected chi connectivity index (χ0v) is 14.4. The molecule has 0 fully saturated rings. The Balaban J connectivity index is 2.17. The van der Waals surface area contributed by atoms with Crippen LogP contribution in [0.2, 0.25) is 0 Å². The minimum atomic E-state index is -0.744. The summed E-state index contributed by atoms with van der Waals surface area (Å²) in [5.74, 6) is -0.982. The number of carbonyl (C=O) groups excluding carboxylic acids is 2. The normalized spacial score (nSPS) is 10.5. The third-order valence-corrected chi connectivity index (χ3v) is 3.74. The van der Waals surface area contributed by atoms with E-state index in [1.54, 1.807) is 4.90 Å². The van der Waals surface area contributed by atoms with Crippen molar-refractivity contribution in [2.24, 2.45) is 5.73 Å². The number of rotatable bonds is 7. The fraction of sp³-hybridized carbons (Fsp3) is 0.333. The third-order valence-electron chi connectivity index (χ3n) is 3.74. The van der Waals surface area contributed by atoms with E-state index in [0.29, 0.717) is 13.1 Å². The molecule has 0 bridgehead atoms. The van der Waals surface area contributed by atoms with Gasteiger partial charge >= 0.3 is 0 Å². The van der Waals surface area contributed by atoms with Crippen molar-refractivity contribution in [1.82, 2.24) is 14.7 Å². The number of hydrogen-bond acceptors (Lipinski definition) is 4. The van der Waals surface area contributed by atoms with Gasteiger partial charge in [0.2, 0.25) is 5.91 Å². The first-order chi connectivity index (χ1) is 11.9. The molecule has 25 heavy (non-hydrogen) atoms. The van der Waals surface area contributed by atoms with Crippen molar-refractivity contribution in [1.29, 1.82) is 0 Å². The quantitative estimate of drug-likeness (QED) is 0.814. The molecule has 1 heterocycles. The number of aromatic nitrogens is 2. The molecule has 2 rings (SSSR count). The van der Waals surface area contributed by atoms with Crippen molar-refractivity contribution in [3.8, 4) is 0 Å². The van der Waals surface area contributed by atoms with Crippen LogP contribution in [0.15, 0.2) is 41.2 Å². The molecule has 7 nitrogen and oxygen atoms in total. The van der Waals surface area contributed by atoms with E-state index in [1.165, 1.54) is 12.1 Å². The van der Waals surface area contributed by atoms with Crippen LogP contribution >= 0.6 is 0 Å². The molecule has 0 radical (unpaired) electrons. The molecule has 0 unspecified atom stereocenters. The Morgan fingerprint density at radius 1 is 1.16 bits per heavy atom. The second-order valence-electron chi connectivity index (χ2n) is 5.88. The van der Waals surface area contributed by atoms with Crippen molar-refractivity contribution in [3.63, 3.8) is 0 Å². The number of benzene rings is 1. The number of hydrogen-bond donors (Lipinski definition) is 1. The summed E-state index contributed by atoms with van der Waals surface area (Å²) in [7, 11) is 0. The van der Waals surface area contributed by atoms with Crippen LogP contribution in [-0.4, -0.2) is 33.0 Å². The first-order valence-electron chi connectivity index (χ1n) is 8.12. The Bertz CT molecular complexity index is 812. The molecule has 0 saturated heterocycles. The molecule has 0 atom stereocenters. The van der Waals surface area contributed by atoms with Gasteiger partial charge in [-0.05, 0) is 25.0 Å². The van der Waals surface area contributed by atoms with Crippen LogP contribution < -0.4 is 11.3 Å². The Hall–Kier alpha value is -2.96. The molecule has 0 aliphatic carbocycles. The minimum absolute atomic E-state index is 0.0482. The predicted octanol–water partition coefficient (Wildman–Crippen LogP) is 1.09. The second-order valence-corrected chi connectivity index (χ2v) is 5.88. The number of amides is 2. The van der Waals surface area contributed by atoms with Gasteiger partial charge in [-0.1, -0.05) is 36.8 Å². The maximum absolute atomic E-state index is 12.6. The molecule has 1 aromatic carbocycles. The van der Waals surface area contributed by atoms with Gasteiger partial charge < -0.3 is 10.6 Å². The summed E-state index contributed by atoms with van der Waals surface area (Å²) < 4.78 is 0.972. The Labute approximate surface area is 146 Å². The predicted molar refractivity (Wildman–Crippen MR) is 93.9 cm³/mol. The van der Waals surface area contributed by atoms with Crippen LogP contribution in [-0.2, 0) is 17.9 Å². The van der Waals surface area contributed by atoms with E-state index in [0.717, 1.165) is 22.2 Å². The largest absolute Gasteiger partial charge is 0.364 e. The fourth-order valence-electron chi connectivity index (χ4n) is 2.40. The van der Waals surface area contributed by atoms with Gasteiger partial charge in [0.15, 0.2) is 0 Å². The van der Waals surface area contributed by atoms with Crippen molar-refractivity contribution >= 4 is 11.8 Å². The van der Waals surface area contributed by atoms with Gasteiger partial charge in [-0.15, -0.1) is 0 Å². The van der Waals surface area contributed by atoms with Crippen LogP contribution in [0.5, 0.6) is 0 Å². The Kier molecular flexibility index (Phi) is 6.05. The summed E-state index contributed by atoms with van der Waals surface area (Å²) in [5.41, 5.74) is 6.83. The van der Waals surface area contributed by atoms with E-state index in [2.05, 4.69) is 5.10 Å². The highest BCUT2D eigenvalue weighted by molar-refractivity contribution is 5.90.